The minimum Gasteiger partial charge on any atom is -0.330 e. The topological polar surface area (TPSA) is 29.3 Å². The molecule has 1 aliphatic rings. The fourth-order valence-electron chi connectivity index (χ4n) is 1.90. The molecular formula is C11H24N2S. The number of hydrogen-bond acceptors (Lipinski definition) is 3. The van der Waals surface area contributed by atoms with Crippen LogP contribution in [0.15, 0.2) is 0 Å². The Morgan fingerprint density at radius 1 is 1.36 bits per heavy atom. The summed E-state index contributed by atoms with van der Waals surface area (Å²) in [6.07, 6.45) is 5.33. The molecule has 0 radical (unpaired) electrons. The molecule has 2 N–H and O–H groups in total. The molecule has 1 saturated heterocycles. The lowest BCUT2D eigenvalue weighted by Gasteiger charge is -2.15. The van der Waals surface area contributed by atoms with E-state index in [-0.39, 0.29) is 0 Å². The molecule has 84 valence electrons. The zero-order valence-corrected chi connectivity index (χ0v) is 10.2. The minimum absolute atomic E-state index is 0.749. The second kappa shape index (κ2) is 7.55. The highest BCUT2D eigenvalue weighted by atomic mass is 32.2. The van der Waals surface area contributed by atoms with Gasteiger partial charge in [0.15, 0.2) is 0 Å². The predicted molar refractivity (Wildman–Crippen MR) is 65.9 cm³/mol. The first-order chi connectivity index (χ1) is 6.83. The first-order valence-electron chi connectivity index (χ1n) is 5.87. The molecule has 0 aromatic rings. The van der Waals surface area contributed by atoms with Gasteiger partial charge in [-0.2, -0.15) is 11.8 Å². The average molecular weight is 216 g/mol. The third-order valence-electron chi connectivity index (χ3n) is 2.79. The van der Waals surface area contributed by atoms with E-state index < -0.39 is 0 Å². The van der Waals surface area contributed by atoms with Crippen LogP contribution in [0.25, 0.3) is 0 Å². The summed E-state index contributed by atoms with van der Waals surface area (Å²) in [5, 5.41) is 0.749. The van der Waals surface area contributed by atoms with E-state index in [2.05, 4.69) is 23.6 Å². The zero-order valence-electron chi connectivity index (χ0n) is 9.37. The van der Waals surface area contributed by atoms with Crippen molar-refractivity contribution in [2.45, 2.75) is 37.9 Å². The van der Waals surface area contributed by atoms with Crippen molar-refractivity contribution in [3.8, 4) is 0 Å². The van der Waals surface area contributed by atoms with Crippen molar-refractivity contribution in [3.63, 3.8) is 0 Å². The number of hydrogen-bond donors (Lipinski definition) is 1. The largest absolute Gasteiger partial charge is 0.330 e. The lowest BCUT2D eigenvalue weighted by molar-refractivity contribution is 0.341. The number of nitrogens with zero attached hydrogens (tertiary/aromatic N) is 1. The molecule has 1 aliphatic heterocycles. The Labute approximate surface area is 92.6 Å². The zero-order chi connectivity index (χ0) is 10.2. The summed E-state index contributed by atoms with van der Waals surface area (Å²) in [5.41, 5.74) is 5.51. The summed E-state index contributed by atoms with van der Waals surface area (Å²) < 4.78 is 0. The highest BCUT2D eigenvalue weighted by molar-refractivity contribution is 7.99. The highest BCUT2D eigenvalue weighted by Gasteiger charge is 2.10. The van der Waals surface area contributed by atoms with Crippen molar-refractivity contribution in [3.05, 3.63) is 0 Å². The average Bonchev–Trinajstić information content (AvgIpc) is 2.65. The monoisotopic (exact) mass is 216 g/mol. The third kappa shape index (κ3) is 5.23. The van der Waals surface area contributed by atoms with Crippen molar-refractivity contribution < 1.29 is 0 Å². The Morgan fingerprint density at radius 3 is 2.71 bits per heavy atom. The summed E-state index contributed by atoms with van der Waals surface area (Å²) in [6, 6.07) is 0. The van der Waals surface area contributed by atoms with Crippen molar-refractivity contribution in [1.82, 2.24) is 4.90 Å². The Bertz CT molecular complexity index is 135. The molecule has 0 bridgehead atoms. The molecule has 1 unspecified atom stereocenters. The van der Waals surface area contributed by atoms with Crippen molar-refractivity contribution >= 4 is 11.8 Å². The molecule has 0 aliphatic carbocycles. The Kier molecular flexibility index (Phi) is 6.65. The van der Waals surface area contributed by atoms with Crippen LogP contribution in [0.5, 0.6) is 0 Å². The lowest BCUT2D eigenvalue weighted by atomic mass is 10.3. The van der Waals surface area contributed by atoms with Gasteiger partial charge >= 0.3 is 0 Å². The number of likely N-dealkylation sites (tertiary alicyclic amines) is 1. The van der Waals surface area contributed by atoms with Gasteiger partial charge in [0.05, 0.1) is 0 Å². The van der Waals surface area contributed by atoms with Crippen LogP contribution in [-0.2, 0) is 0 Å². The predicted octanol–water partition coefficient (Wildman–Crippen LogP) is 1.94. The molecule has 3 heteroatoms. The van der Waals surface area contributed by atoms with Crippen LogP contribution in [0.4, 0.5) is 0 Å². The first-order valence-corrected chi connectivity index (χ1v) is 6.92. The Balaban J connectivity index is 1.88. The molecule has 14 heavy (non-hydrogen) atoms. The van der Waals surface area contributed by atoms with E-state index in [1.165, 1.54) is 44.6 Å². The second-order valence-corrected chi connectivity index (χ2v) is 5.71. The molecular weight excluding hydrogens is 192 g/mol. The molecule has 2 nitrogen and oxygen atoms in total. The summed E-state index contributed by atoms with van der Waals surface area (Å²) in [7, 11) is 0. The summed E-state index contributed by atoms with van der Waals surface area (Å²) in [6.45, 7) is 7.10. The molecule has 0 amide bonds. The van der Waals surface area contributed by atoms with Gasteiger partial charge in [0.1, 0.15) is 0 Å². The van der Waals surface area contributed by atoms with E-state index in [9.17, 15) is 0 Å². The van der Waals surface area contributed by atoms with Crippen molar-refractivity contribution in [1.29, 1.82) is 0 Å². The summed E-state index contributed by atoms with van der Waals surface area (Å²) in [4.78, 5) is 2.59. The van der Waals surface area contributed by atoms with Gasteiger partial charge in [-0.15, -0.1) is 0 Å². The van der Waals surface area contributed by atoms with E-state index >= 15 is 0 Å². The lowest BCUT2D eigenvalue weighted by Crippen LogP contribution is -2.21. The fraction of sp³-hybridized carbons (Fsp3) is 1.00. The maximum Gasteiger partial charge on any atom is 0.00307 e. The van der Waals surface area contributed by atoms with Crippen LogP contribution in [0, 0.1) is 0 Å². The van der Waals surface area contributed by atoms with Gasteiger partial charge in [-0.1, -0.05) is 6.92 Å². The van der Waals surface area contributed by atoms with Crippen LogP contribution >= 0.6 is 11.8 Å². The third-order valence-corrected chi connectivity index (χ3v) is 4.12. The van der Waals surface area contributed by atoms with E-state index in [0.717, 1.165) is 18.2 Å². The standard InChI is InChI=1S/C11H24N2S/c1-11(5-6-12)14-10-4-9-13-7-2-3-8-13/h11H,2-10,12H2,1H3. The van der Waals surface area contributed by atoms with Gasteiger partial charge in [0.25, 0.3) is 0 Å². The molecule has 0 spiro atoms. The maximum absolute atomic E-state index is 5.51. The number of thioether (sulfide) groups is 1. The van der Waals surface area contributed by atoms with Crippen LogP contribution in [-0.4, -0.2) is 42.1 Å². The van der Waals surface area contributed by atoms with Gasteiger partial charge in [0, 0.05) is 5.25 Å². The van der Waals surface area contributed by atoms with Crippen LogP contribution < -0.4 is 5.73 Å². The molecule has 1 rings (SSSR count). The van der Waals surface area contributed by atoms with Gasteiger partial charge in [-0.3, -0.25) is 0 Å². The molecule has 0 saturated carbocycles. The molecule has 0 aromatic heterocycles. The van der Waals surface area contributed by atoms with Gasteiger partial charge in [-0.05, 0) is 57.6 Å². The van der Waals surface area contributed by atoms with Gasteiger partial charge in [0.2, 0.25) is 0 Å². The van der Waals surface area contributed by atoms with Crippen LogP contribution in [0.2, 0.25) is 0 Å². The number of rotatable bonds is 7. The fourth-order valence-corrected chi connectivity index (χ4v) is 2.90. The van der Waals surface area contributed by atoms with Crippen LogP contribution in [0.1, 0.15) is 32.6 Å². The normalized spacial score (nSPS) is 20.1. The van der Waals surface area contributed by atoms with Gasteiger partial charge in [-0.25, -0.2) is 0 Å². The SMILES string of the molecule is CC(CCN)SCCCN1CCCC1. The molecule has 0 aromatic carbocycles. The van der Waals surface area contributed by atoms with Crippen LogP contribution in [0.3, 0.4) is 0 Å². The molecule has 1 atom stereocenters. The van der Waals surface area contributed by atoms with E-state index in [4.69, 9.17) is 5.73 Å². The van der Waals surface area contributed by atoms with Gasteiger partial charge < -0.3 is 10.6 Å². The van der Waals surface area contributed by atoms with E-state index in [0.29, 0.717) is 0 Å². The molecule has 1 fully saturated rings. The second-order valence-electron chi connectivity index (χ2n) is 4.16. The van der Waals surface area contributed by atoms with Crippen molar-refractivity contribution in [2.24, 2.45) is 5.73 Å². The van der Waals surface area contributed by atoms with E-state index in [1.54, 1.807) is 0 Å². The quantitative estimate of drug-likeness (QED) is 0.660. The van der Waals surface area contributed by atoms with E-state index in [1.807, 2.05) is 0 Å². The Morgan fingerprint density at radius 2 is 2.07 bits per heavy atom. The smallest absolute Gasteiger partial charge is 0.00307 e. The minimum atomic E-state index is 0.749. The summed E-state index contributed by atoms with van der Waals surface area (Å²) >= 11 is 2.08. The first kappa shape index (κ1) is 12.3. The summed E-state index contributed by atoms with van der Waals surface area (Å²) in [5.74, 6) is 1.30. The maximum atomic E-state index is 5.51. The Hall–Kier alpha value is 0.270. The molecule has 1 heterocycles. The van der Waals surface area contributed by atoms with Crippen molar-refractivity contribution in [2.75, 3.05) is 31.9 Å². The highest BCUT2D eigenvalue weighted by Crippen LogP contribution is 2.15. The number of nitrogens with two attached hydrogens (primary N) is 1.